The number of benzene rings is 1. The fraction of sp³-hybridized carbons (Fsp3) is 0.0833. The average molecular weight is 307 g/mol. The summed E-state index contributed by atoms with van der Waals surface area (Å²) in [5.74, 6) is 0.0159. The first-order chi connectivity index (χ1) is 8.84. The molecule has 0 radical (unpaired) electrons. The molecule has 1 aromatic carbocycles. The maximum absolute atomic E-state index is 12.6. The van der Waals surface area contributed by atoms with Gasteiger partial charge in [-0.15, -0.1) is 0 Å². The van der Waals surface area contributed by atoms with Crippen molar-refractivity contribution < 1.29 is 13.2 Å². The fourth-order valence-electron chi connectivity index (χ4n) is 1.41. The molecule has 2 aromatic rings. The average Bonchev–Trinajstić information content (AvgIpc) is 2.30. The summed E-state index contributed by atoms with van der Waals surface area (Å²) in [6, 6.07) is 8.13. The predicted molar refractivity (Wildman–Crippen MR) is 69.0 cm³/mol. The van der Waals surface area contributed by atoms with Crippen molar-refractivity contribution in [3.63, 3.8) is 0 Å². The second-order valence-electron chi connectivity index (χ2n) is 3.69. The second kappa shape index (κ2) is 5.27. The van der Waals surface area contributed by atoms with E-state index in [0.29, 0.717) is 10.7 Å². The Kier molecular flexibility index (Phi) is 3.87. The molecule has 19 heavy (non-hydrogen) atoms. The molecule has 0 fully saturated rings. The molecular weight excluding hydrogens is 300 g/mol. The van der Waals surface area contributed by atoms with Crippen LogP contribution in [0.15, 0.2) is 36.4 Å². The van der Waals surface area contributed by atoms with Gasteiger partial charge in [0.25, 0.3) is 0 Å². The number of aromatic nitrogens is 1. The van der Waals surface area contributed by atoms with Gasteiger partial charge in [0, 0.05) is 10.7 Å². The molecule has 100 valence electrons. The molecule has 0 unspecified atom stereocenters. The van der Waals surface area contributed by atoms with E-state index in [2.05, 4.69) is 10.3 Å². The molecule has 2 rings (SSSR count). The van der Waals surface area contributed by atoms with Gasteiger partial charge >= 0.3 is 6.18 Å². The lowest BCUT2D eigenvalue weighted by Crippen LogP contribution is -2.06. The molecular formula is C12H7Cl2F3N2. The zero-order valence-corrected chi connectivity index (χ0v) is 10.8. The molecule has 0 aliphatic carbocycles. The number of rotatable bonds is 2. The number of anilines is 2. The SMILES string of the molecule is FC(F)(F)c1cc(Cl)nc(Nc2ccc(Cl)cc2)c1. The van der Waals surface area contributed by atoms with Crippen molar-refractivity contribution in [3.8, 4) is 0 Å². The molecule has 0 spiro atoms. The Morgan fingerprint density at radius 3 is 2.21 bits per heavy atom. The van der Waals surface area contributed by atoms with Crippen LogP contribution < -0.4 is 5.32 Å². The molecule has 1 N–H and O–H groups in total. The summed E-state index contributed by atoms with van der Waals surface area (Å²) in [6.07, 6.45) is -4.47. The van der Waals surface area contributed by atoms with Gasteiger partial charge in [0.15, 0.2) is 0 Å². The minimum atomic E-state index is -4.47. The predicted octanol–water partition coefficient (Wildman–Crippen LogP) is 5.15. The largest absolute Gasteiger partial charge is 0.416 e. The Labute approximate surface area is 117 Å². The monoisotopic (exact) mass is 306 g/mol. The summed E-state index contributed by atoms with van der Waals surface area (Å²) < 4.78 is 37.8. The first-order valence-electron chi connectivity index (χ1n) is 5.12. The standard InChI is InChI=1S/C12H7Cl2F3N2/c13-8-1-3-9(4-2-8)18-11-6-7(12(15,16)17)5-10(14)19-11/h1-6H,(H,18,19). The van der Waals surface area contributed by atoms with Gasteiger partial charge in [-0.3, -0.25) is 0 Å². The fourth-order valence-corrected chi connectivity index (χ4v) is 1.74. The lowest BCUT2D eigenvalue weighted by Gasteiger charge is -2.10. The molecule has 0 bridgehead atoms. The van der Waals surface area contributed by atoms with Crippen LogP contribution in [-0.2, 0) is 6.18 Å². The molecule has 0 atom stereocenters. The van der Waals surface area contributed by atoms with Crippen LogP contribution in [0.25, 0.3) is 0 Å². The van der Waals surface area contributed by atoms with E-state index in [-0.39, 0.29) is 11.0 Å². The highest BCUT2D eigenvalue weighted by atomic mass is 35.5. The summed E-state index contributed by atoms with van der Waals surface area (Å²) in [6.45, 7) is 0. The molecule has 0 saturated heterocycles. The third-order valence-corrected chi connectivity index (χ3v) is 2.68. The third kappa shape index (κ3) is 3.75. The van der Waals surface area contributed by atoms with Gasteiger partial charge < -0.3 is 5.32 Å². The first kappa shape index (κ1) is 14.0. The molecule has 0 aliphatic heterocycles. The van der Waals surface area contributed by atoms with Crippen LogP contribution in [0.4, 0.5) is 24.7 Å². The van der Waals surface area contributed by atoms with Gasteiger partial charge in [0.05, 0.1) is 5.56 Å². The van der Waals surface area contributed by atoms with E-state index in [1.54, 1.807) is 24.3 Å². The normalized spacial score (nSPS) is 11.4. The smallest absolute Gasteiger partial charge is 0.340 e. The van der Waals surface area contributed by atoms with Crippen molar-refractivity contribution in [2.45, 2.75) is 6.18 Å². The van der Waals surface area contributed by atoms with Gasteiger partial charge in [-0.05, 0) is 36.4 Å². The van der Waals surface area contributed by atoms with E-state index in [1.165, 1.54) is 0 Å². The number of alkyl halides is 3. The Morgan fingerprint density at radius 2 is 1.63 bits per heavy atom. The van der Waals surface area contributed by atoms with Crippen molar-refractivity contribution in [2.24, 2.45) is 0 Å². The van der Waals surface area contributed by atoms with E-state index >= 15 is 0 Å². The summed E-state index contributed by atoms with van der Waals surface area (Å²) >= 11 is 11.3. The van der Waals surface area contributed by atoms with Crippen LogP contribution in [-0.4, -0.2) is 4.98 Å². The van der Waals surface area contributed by atoms with Gasteiger partial charge in [0.2, 0.25) is 0 Å². The molecule has 2 nitrogen and oxygen atoms in total. The maximum atomic E-state index is 12.6. The van der Waals surface area contributed by atoms with Crippen LogP contribution in [0.3, 0.4) is 0 Å². The first-order valence-corrected chi connectivity index (χ1v) is 5.87. The molecule has 1 heterocycles. The Balaban J connectivity index is 2.30. The van der Waals surface area contributed by atoms with Crippen molar-refractivity contribution in [1.29, 1.82) is 0 Å². The van der Waals surface area contributed by atoms with Crippen LogP contribution in [0.1, 0.15) is 5.56 Å². The highest BCUT2D eigenvalue weighted by Gasteiger charge is 2.31. The quantitative estimate of drug-likeness (QED) is 0.776. The lowest BCUT2D eigenvalue weighted by atomic mass is 10.2. The summed E-state index contributed by atoms with van der Waals surface area (Å²) in [7, 11) is 0. The van der Waals surface area contributed by atoms with Crippen LogP contribution in [0.5, 0.6) is 0 Å². The summed E-state index contributed by atoms with van der Waals surface area (Å²) in [5, 5.41) is 3.03. The minimum absolute atomic E-state index is 0.0159. The Bertz CT molecular complexity index is 583. The lowest BCUT2D eigenvalue weighted by molar-refractivity contribution is -0.137. The second-order valence-corrected chi connectivity index (χ2v) is 4.52. The molecule has 0 amide bonds. The van der Waals surface area contributed by atoms with E-state index in [9.17, 15) is 13.2 Å². The molecule has 0 aliphatic rings. The topological polar surface area (TPSA) is 24.9 Å². The summed E-state index contributed by atoms with van der Waals surface area (Å²) in [4.78, 5) is 3.79. The van der Waals surface area contributed by atoms with Gasteiger partial charge in [-0.1, -0.05) is 23.2 Å². The van der Waals surface area contributed by atoms with Gasteiger partial charge in [0.1, 0.15) is 11.0 Å². The van der Waals surface area contributed by atoms with Gasteiger partial charge in [-0.2, -0.15) is 13.2 Å². The number of hydrogen-bond acceptors (Lipinski definition) is 2. The number of nitrogens with one attached hydrogen (secondary N) is 1. The van der Waals surface area contributed by atoms with E-state index in [4.69, 9.17) is 23.2 Å². The molecule has 0 saturated carbocycles. The van der Waals surface area contributed by atoms with Crippen molar-refractivity contribution in [2.75, 3.05) is 5.32 Å². The highest BCUT2D eigenvalue weighted by molar-refractivity contribution is 6.30. The van der Waals surface area contributed by atoms with E-state index in [1.807, 2.05) is 0 Å². The van der Waals surface area contributed by atoms with Crippen LogP contribution in [0.2, 0.25) is 10.2 Å². The minimum Gasteiger partial charge on any atom is -0.340 e. The summed E-state index contributed by atoms with van der Waals surface area (Å²) in [5.41, 5.74) is -0.295. The van der Waals surface area contributed by atoms with Crippen LogP contribution in [0, 0.1) is 0 Å². The van der Waals surface area contributed by atoms with Crippen molar-refractivity contribution >= 4 is 34.7 Å². The van der Waals surface area contributed by atoms with E-state index < -0.39 is 11.7 Å². The molecule has 1 aromatic heterocycles. The number of pyridine rings is 1. The zero-order valence-electron chi connectivity index (χ0n) is 9.30. The van der Waals surface area contributed by atoms with Crippen molar-refractivity contribution in [1.82, 2.24) is 4.98 Å². The van der Waals surface area contributed by atoms with Gasteiger partial charge in [-0.25, -0.2) is 4.98 Å². The van der Waals surface area contributed by atoms with Crippen LogP contribution >= 0.6 is 23.2 Å². The zero-order chi connectivity index (χ0) is 14.0. The Morgan fingerprint density at radius 1 is 1.00 bits per heavy atom. The van der Waals surface area contributed by atoms with E-state index in [0.717, 1.165) is 12.1 Å². The number of halogens is 5. The Hall–Kier alpha value is -1.46. The van der Waals surface area contributed by atoms with Crippen molar-refractivity contribution in [3.05, 3.63) is 52.1 Å². The maximum Gasteiger partial charge on any atom is 0.416 e. The number of hydrogen-bond donors (Lipinski definition) is 1. The number of nitrogens with zero attached hydrogens (tertiary/aromatic N) is 1. The molecule has 7 heteroatoms. The third-order valence-electron chi connectivity index (χ3n) is 2.24. The highest BCUT2D eigenvalue weighted by Crippen LogP contribution is 2.32.